The predicted octanol–water partition coefficient (Wildman–Crippen LogP) is 3.79. The van der Waals surface area contributed by atoms with Gasteiger partial charge in [0.25, 0.3) is 0 Å². The average Bonchev–Trinajstić information content (AvgIpc) is 2.40. The Labute approximate surface area is 146 Å². The number of nitrogens with zero attached hydrogens (tertiary/aromatic N) is 1. The molecule has 0 bridgehead atoms. The standard InChI is InChI=1S/C15H23BrN2OS.ClH/c1-11(20-13-7-5-12(16)6-8-13)14(19)18(4)10-15(2,3)9-17;/h5-8,11H,9-10,17H2,1-4H3;1H. The fourth-order valence-corrected chi connectivity index (χ4v) is 3.11. The summed E-state index contributed by atoms with van der Waals surface area (Å²) in [5.41, 5.74) is 5.67. The third-order valence-corrected chi connectivity index (χ3v) is 4.70. The predicted molar refractivity (Wildman–Crippen MR) is 97.2 cm³/mol. The molecule has 0 aliphatic rings. The molecule has 0 fully saturated rings. The quantitative estimate of drug-likeness (QED) is 0.745. The van der Waals surface area contributed by atoms with Crippen LogP contribution in [0.15, 0.2) is 33.6 Å². The van der Waals surface area contributed by atoms with Gasteiger partial charge in [0.1, 0.15) is 0 Å². The van der Waals surface area contributed by atoms with Crippen molar-refractivity contribution in [2.24, 2.45) is 11.1 Å². The molecule has 3 nitrogen and oxygen atoms in total. The first kappa shape index (κ1) is 20.8. The van der Waals surface area contributed by atoms with Crippen LogP contribution in [0.2, 0.25) is 0 Å². The maximum atomic E-state index is 12.4. The maximum absolute atomic E-state index is 12.4. The molecule has 0 heterocycles. The number of hydrogen-bond donors (Lipinski definition) is 1. The van der Waals surface area contributed by atoms with Crippen molar-refractivity contribution in [3.8, 4) is 0 Å². The molecule has 0 aliphatic carbocycles. The van der Waals surface area contributed by atoms with Crippen molar-refractivity contribution in [3.63, 3.8) is 0 Å². The normalized spacial score (nSPS) is 12.5. The SMILES string of the molecule is CC(Sc1ccc(Br)cc1)C(=O)N(C)CC(C)(C)CN.Cl. The summed E-state index contributed by atoms with van der Waals surface area (Å²) < 4.78 is 1.04. The minimum absolute atomic E-state index is 0. The molecular formula is C15H24BrClN2OS. The second kappa shape index (κ2) is 9.03. The van der Waals surface area contributed by atoms with E-state index in [1.165, 1.54) is 0 Å². The first-order valence-corrected chi connectivity index (χ1v) is 8.30. The van der Waals surface area contributed by atoms with Crippen molar-refractivity contribution < 1.29 is 4.79 Å². The van der Waals surface area contributed by atoms with Gasteiger partial charge in [0.05, 0.1) is 5.25 Å². The molecule has 0 spiro atoms. The summed E-state index contributed by atoms with van der Waals surface area (Å²) in [5.74, 6) is 0.138. The summed E-state index contributed by atoms with van der Waals surface area (Å²) in [6.45, 7) is 7.33. The fraction of sp³-hybridized carbons (Fsp3) is 0.533. The van der Waals surface area contributed by atoms with Crippen molar-refractivity contribution >= 4 is 46.0 Å². The number of amides is 1. The fourth-order valence-electron chi connectivity index (χ4n) is 1.86. The third-order valence-electron chi connectivity index (χ3n) is 3.07. The Morgan fingerprint density at radius 1 is 1.38 bits per heavy atom. The lowest BCUT2D eigenvalue weighted by atomic mass is 9.93. The monoisotopic (exact) mass is 394 g/mol. The highest BCUT2D eigenvalue weighted by Crippen LogP contribution is 2.26. The molecule has 0 aliphatic heterocycles. The second-order valence-corrected chi connectivity index (χ2v) is 8.11. The smallest absolute Gasteiger partial charge is 0.235 e. The molecule has 0 aromatic heterocycles. The van der Waals surface area contributed by atoms with Crippen LogP contribution in [-0.4, -0.2) is 36.2 Å². The largest absolute Gasteiger partial charge is 0.344 e. The van der Waals surface area contributed by atoms with E-state index in [2.05, 4.69) is 29.8 Å². The van der Waals surface area contributed by atoms with Crippen LogP contribution in [0.3, 0.4) is 0 Å². The Bertz CT molecular complexity index is 453. The zero-order chi connectivity index (χ0) is 15.3. The van der Waals surface area contributed by atoms with Crippen LogP contribution in [0.25, 0.3) is 0 Å². The number of rotatable bonds is 6. The molecule has 6 heteroatoms. The van der Waals surface area contributed by atoms with Gasteiger partial charge in [-0.05, 0) is 43.1 Å². The van der Waals surface area contributed by atoms with Crippen molar-refractivity contribution in [2.75, 3.05) is 20.1 Å². The van der Waals surface area contributed by atoms with Crippen LogP contribution in [-0.2, 0) is 4.79 Å². The third kappa shape index (κ3) is 7.04. The van der Waals surface area contributed by atoms with E-state index >= 15 is 0 Å². The van der Waals surface area contributed by atoms with E-state index in [1.807, 2.05) is 38.2 Å². The molecule has 1 atom stereocenters. The molecule has 1 aromatic rings. The number of carbonyl (C=O) groups is 1. The van der Waals surface area contributed by atoms with Crippen LogP contribution in [0, 0.1) is 5.41 Å². The number of hydrogen-bond acceptors (Lipinski definition) is 3. The van der Waals surface area contributed by atoms with E-state index in [1.54, 1.807) is 16.7 Å². The summed E-state index contributed by atoms with van der Waals surface area (Å²) in [5, 5.41) is -0.102. The summed E-state index contributed by atoms with van der Waals surface area (Å²) in [4.78, 5) is 15.2. The lowest BCUT2D eigenvalue weighted by Crippen LogP contribution is -2.42. The molecule has 0 saturated heterocycles. The summed E-state index contributed by atoms with van der Waals surface area (Å²) in [7, 11) is 1.85. The topological polar surface area (TPSA) is 46.3 Å². The maximum Gasteiger partial charge on any atom is 0.235 e. The van der Waals surface area contributed by atoms with Crippen molar-refractivity contribution in [1.29, 1.82) is 0 Å². The minimum Gasteiger partial charge on any atom is -0.344 e. The highest BCUT2D eigenvalue weighted by Gasteiger charge is 2.24. The zero-order valence-corrected chi connectivity index (χ0v) is 16.1. The van der Waals surface area contributed by atoms with Crippen LogP contribution < -0.4 is 5.73 Å². The molecule has 120 valence electrons. The molecule has 1 aromatic carbocycles. The Kier molecular flexibility index (Phi) is 8.93. The molecular weight excluding hydrogens is 372 g/mol. The summed E-state index contributed by atoms with van der Waals surface area (Å²) >= 11 is 4.99. The van der Waals surface area contributed by atoms with Crippen LogP contribution in [0.1, 0.15) is 20.8 Å². The van der Waals surface area contributed by atoms with Crippen LogP contribution >= 0.6 is 40.1 Å². The van der Waals surface area contributed by atoms with Crippen molar-refractivity contribution in [2.45, 2.75) is 30.9 Å². The van der Waals surface area contributed by atoms with Gasteiger partial charge in [0.15, 0.2) is 0 Å². The Balaban J connectivity index is 0.00000400. The van der Waals surface area contributed by atoms with E-state index in [0.29, 0.717) is 13.1 Å². The molecule has 0 radical (unpaired) electrons. The number of carbonyl (C=O) groups excluding carboxylic acids is 1. The molecule has 0 saturated carbocycles. The van der Waals surface area contributed by atoms with Crippen LogP contribution in [0.4, 0.5) is 0 Å². The Morgan fingerprint density at radius 2 is 1.90 bits per heavy atom. The van der Waals surface area contributed by atoms with Gasteiger partial charge in [-0.2, -0.15) is 0 Å². The van der Waals surface area contributed by atoms with Crippen molar-refractivity contribution in [1.82, 2.24) is 4.90 Å². The zero-order valence-electron chi connectivity index (χ0n) is 12.9. The first-order chi connectivity index (χ1) is 9.25. The first-order valence-electron chi connectivity index (χ1n) is 6.62. The highest BCUT2D eigenvalue weighted by molar-refractivity contribution is 9.10. The summed E-state index contributed by atoms with van der Waals surface area (Å²) in [6.07, 6.45) is 0. The van der Waals surface area contributed by atoms with Gasteiger partial charge >= 0.3 is 0 Å². The van der Waals surface area contributed by atoms with E-state index in [-0.39, 0.29) is 29.0 Å². The Hall–Kier alpha value is -0.230. The van der Waals surface area contributed by atoms with Gasteiger partial charge in [-0.3, -0.25) is 4.79 Å². The van der Waals surface area contributed by atoms with Gasteiger partial charge < -0.3 is 10.6 Å². The van der Waals surface area contributed by atoms with E-state index in [4.69, 9.17) is 5.73 Å². The van der Waals surface area contributed by atoms with Gasteiger partial charge in [0.2, 0.25) is 5.91 Å². The number of thioether (sulfide) groups is 1. The van der Waals surface area contributed by atoms with E-state index in [0.717, 1.165) is 9.37 Å². The second-order valence-electron chi connectivity index (χ2n) is 5.78. The van der Waals surface area contributed by atoms with Crippen LogP contribution in [0.5, 0.6) is 0 Å². The molecule has 2 N–H and O–H groups in total. The average molecular weight is 396 g/mol. The number of halogens is 2. The lowest BCUT2D eigenvalue weighted by Gasteiger charge is -2.30. The minimum atomic E-state index is -0.102. The van der Waals surface area contributed by atoms with E-state index in [9.17, 15) is 4.79 Å². The Morgan fingerprint density at radius 3 is 2.38 bits per heavy atom. The molecule has 1 amide bonds. The van der Waals surface area contributed by atoms with Gasteiger partial charge in [-0.25, -0.2) is 0 Å². The van der Waals surface area contributed by atoms with Gasteiger partial charge in [-0.15, -0.1) is 24.2 Å². The highest BCUT2D eigenvalue weighted by atomic mass is 79.9. The van der Waals surface area contributed by atoms with Gasteiger partial charge in [-0.1, -0.05) is 29.8 Å². The van der Waals surface area contributed by atoms with Gasteiger partial charge in [0, 0.05) is 23.0 Å². The molecule has 1 unspecified atom stereocenters. The number of nitrogens with two attached hydrogens (primary N) is 1. The van der Waals surface area contributed by atoms with Crippen molar-refractivity contribution in [3.05, 3.63) is 28.7 Å². The van der Waals surface area contributed by atoms with E-state index < -0.39 is 0 Å². The molecule has 1 rings (SSSR count). The molecule has 21 heavy (non-hydrogen) atoms. The lowest BCUT2D eigenvalue weighted by molar-refractivity contribution is -0.130. The number of benzene rings is 1. The summed E-state index contributed by atoms with van der Waals surface area (Å²) in [6, 6.07) is 8.01.